The average molecular weight is 157 g/mol. The maximum atomic E-state index is 4.75. The Morgan fingerprint density at radius 1 is 1.45 bits per heavy atom. The third-order valence-corrected chi connectivity index (χ3v) is 1.66. The van der Waals surface area contributed by atoms with Gasteiger partial charge < -0.3 is 4.84 Å². The largest absolute Gasteiger partial charge is 0.399 e. The van der Waals surface area contributed by atoms with E-state index in [9.17, 15) is 0 Å². The van der Waals surface area contributed by atoms with E-state index in [-0.39, 0.29) is 0 Å². The zero-order valence-corrected chi connectivity index (χ0v) is 8.05. The molecule has 2 heteroatoms. The molecule has 0 N–H and O–H groups in total. The van der Waals surface area contributed by atoms with Crippen LogP contribution in [0, 0.1) is 5.92 Å². The molecule has 0 bridgehead atoms. The van der Waals surface area contributed by atoms with E-state index in [4.69, 9.17) is 4.84 Å². The maximum absolute atomic E-state index is 4.75. The topological polar surface area (TPSA) is 21.6 Å². The minimum Gasteiger partial charge on any atom is -0.399 e. The maximum Gasteiger partial charge on any atom is 0.106 e. The van der Waals surface area contributed by atoms with Crippen LogP contribution in [0.4, 0.5) is 0 Å². The van der Waals surface area contributed by atoms with Crippen LogP contribution in [0.3, 0.4) is 0 Å². The van der Waals surface area contributed by atoms with Crippen molar-refractivity contribution in [3.8, 4) is 0 Å². The highest BCUT2D eigenvalue weighted by molar-refractivity contribution is 5.85. The van der Waals surface area contributed by atoms with Gasteiger partial charge in [0.1, 0.15) is 7.11 Å². The van der Waals surface area contributed by atoms with Gasteiger partial charge in [-0.15, -0.1) is 0 Å². The zero-order chi connectivity index (χ0) is 8.69. The molecule has 0 aromatic carbocycles. The third kappa shape index (κ3) is 4.82. The van der Waals surface area contributed by atoms with Crippen molar-refractivity contribution in [1.82, 2.24) is 0 Å². The smallest absolute Gasteiger partial charge is 0.106 e. The highest BCUT2D eigenvalue weighted by Gasteiger charge is 2.04. The van der Waals surface area contributed by atoms with Crippen molar-refractivity contribution >= 4 is 5.71 Å². The molecule has 0 saturated carbocycles. The fraction of sp³-hybridized carbons (Fsp3) is 0.889. The van der Waals surface area contributed by atoms with Gasteiger partial charge in [-0.05, 0) is 18.8 Å². The van der Waals surface area contributed by atoms with Gasteiger partial charge in [0.2, 0.25) is 0 Å². The molecule has 2 nitrogen and oxygen atoms in total. The molecule has 0 aromatic heterocycles. The van der Waals surface area contributed by atoms with E-state index in [1.54, 1.807) is 7.11 Å². The number of unbranched alkanes of at least 4 members (excludes halogenated alkanes) is 1. The minimum absolute atomic E-state index is 0.515. The molecule has 0 radical (unpaired) electrons. The molecule has 0 aromatic rings. The molecule has 11 heavy (non-hydrogen) atoms. The second kappa shape index (κ2) is 6.20. The molecule has 0 unspecified atom stereocenters. The van der Waals surface area contributed by atoms with E-state index in [1.165, 1.54) is 18.6 Å². The first-order chi connectivity index (χ1) is 5.22. The van der Waals surface area contributed by atoms with Crippen LogP contribution in [0.5, 0.6) is 0 Å². The number of rotatable bonds is 5. The van der Waals surface area contributed by atoms with Crippen molar-refractivity contribution in [3.05, 3.63) is 0 Å². The first-order valence-electron chi connectivity index (χ1n) is 4.32. The van der Waals surface area contributed by atoms with Crippen molar-refractivity contribution in [2.75, 3.05) is 7.11 Å². The number of nitrogens with zero attached hydrogens (tertiary/aromatic N) is 1. The lowest BCUT2D eigenvalue weighted by atomic mass is 10.0. The van der Waals surface area contributed by atoms with Crippen LogP contribution >= 0.6 is 0 Å². The molecular weight excluding hydrogens is 138 g/mol. The summed E-state index contributed by atoms with van der Waals surface area (Å²) in [7, 11) is 1.61. The summed E-state index contributed by atoms with van der Waals surface area (Å²) < 4.78 is 0. The van der Waals surface area contributed by atoms with Crippen molar-refractivity contribution in [1.29, 1.82) is 0 Å². The average Bonchev–Trinajstić information content (AvgIpc) is 1.97. The van der Waals surface area contributed by atoms with Crippen molar-refractivity contribution < 1.29 is 4.84 Å². The summed E-state index contributed by atoms with van der Waals surface area (Å²) in [5.74, 6) is 0.515. The van der Waals surface area contributed by atoms with Gasteiger partial charge in [-0.2, -0.15) is 0 Å². The normalized spacial score (nSPS) is 12.3. The summed E-state index contributed by atoms with van der Waals surface area (Å²) in [6.07, 6.45) is 3.50. The van der Waals surface area contributed by atoms with Crippen LogP contribution in [0.25, 0.3) is 0 Å². The first kappa shape index (κ1) is 10.5. The molecule has 0 spiro atoms. The van der Waals surface area contributed by atoms with Crippen molar-refractivity contribution in [2.45, 2.75) is 40.0 Å². The Morgan fingerprint density at radius 2 is 2.09 bits per heavy atom. The predicted molar refractivity (Wildman–Crippen MR) is 48.8 cm³/mol. The second-order valence-corrected chi connectivity index (χ2v) is 3.02. The van der Waals surface area contributed by atoms with E-state index in [0.29, 0.717) is 5.92 Å². The van der Waals surface area contributed by atoms with Crippen LogP contribution < -0.4 is 0 Å². The lowest BCUT2D eigenvalue weighted by Crippen LogP contribution is -2.07. The van der Waals surface area contributed by atoms with E-state index < -0.39 is 0 Å². The molecule has 0 aliphatic carbocycles. The van der Waals surface area contributed by atoms with Crippen LogP contribution in [0.1, 0.15) is 40.0 Å². The standard InChI is InChI=1S/C9H19NO/c1-5-6-7-9(8(2)3)10-11-4/h8H,5-7H2,1-4H3/b10-9+. The highest BCUT2D eigenvalue weighted by Crippen LogP contribution is 2.06. The third-order valence-electron chi connectivity index (χ3n) is 1.66. The molecule has 0 amide bonds. The molecule has 0 fully saturated rings. The zero-order valence-electron chi connectivity index (χ0n) is 8.05. The fourth-order valence-corrected chi connectivity index (χ4v) is 0.915. The lowest BCUT2D eigenvalue weighted by Gasteiger charge is -2.07. The SMILES string of the molecule is CCCC/C(=N\OC)C(C)C. The van der Waals surface area contributed by atoms with E-state index >= 15 is 0 Å². The monoisotopic (exact) mass is 157 g/mol. The molecule has 0 aliphatic rings. The molecule has 66 valence electrons. The lowest BCUT2D eigenvalue weighted by molar-refractivity contribution is 0.210. The fourth-order valence-electron chi connectivity index (χ4n) is 0.915. The Bertz CT molecular complexity index is 119. The summed E-state index contributed by atoms with van der Waals surface area (Å²) in [5.41, 5.74) is 1.18. The quantitative estimate of drug-likeness (QED) is 0.444. The minimum atomic E-state index is 0.515. The Balaban J connectivity index is 3.80. The summed E-state index contributed by atoms with van der Waals surface area (Å²) in [4.78, 5) is 4.75. The molecular formula is C9H19NO. The van der Waals surface area contributed by atoms with Crippen LogP contribution in [0.15, 0.2) is 5.16 Å². The summed E-state index contributed by atoms with van der Waals surface area (Å²) in [6.45, 7) is 6.48. The molecule has 0 saturated heterocycles. The van der Waals surface area contributed by atoms with Gasteiger partial charge in [0.15, 0.2) is 0 Å². The predicted octanol–water partition coefficient (Wildman–Crippen LogP) is 2.84. The highest BCUT2D eigenvalue weighted by atomic mass is 16.6. The van der Waals surface area contributed by atoms with Gasteiger partial charge in [0.25, 0.3) is 0 Å². The van der Waals surface area contributed by atoms with Crippen LogP contribution in [0.2, 0.25) is 0 Å². The van der Waals surface area contributed by atoms with Gasteiger partial charge in [0.05, 0.1) is 5.71 Å². The number of oxime groups is 1. The van der Waals surface area contributed by atoms with Crippen molar-refractivity contribution in [2.24, 2.45) is 11.1 Å². The Morgan fingerprint density at radius 3 is 2.45 bits per heavy atom. The van der Waals surface area contributed by atoms with Gasteiger partial charge in [-0.1, -0.05) is 32.3 Å². The van der Waals surface area contributed by atoms with Gasteiger partial charge in [-0.3, -0.25) is 0 Å². The number of hydrogen-bond donors (Lipinski definition) is 0. The van der Waals surface area contributed by atoms with Crippen molar-refractivity contribution in [3.63, 3.8) is 0 Å². The van der Waals surface area contributed by atoms with E-state index in [0.717, 1.165) is 6.42 Å². The van der Waals surface area contributed by atoms with Gasteiger partial charge in [-0.25, -0.2) is 0 Å². The Kier molecular flexibility index (Phi) is 5.90. The van der Waals surface area contributed by atoms with Gasteiger partial charge in [0, 0.05) is 0 Å². The summed E-state index contributed by atoms with van der Waals surface area (Å²) in [6, 6.07) is 0. The van der Waals surface area contributed by atoms with Crippen LogP contribution in [-0.2, 0) is 4.84 Å². The second-order valence-electron chi connectivity index (χ2n) is 3.02. The molecule has 0 atom stereocenters. The summed E-state index contributed by atoms with van der Waals surface area (Å²) in [5, 5.41) is 3.98. The van der Waals surface area contributed by atoms with Gasteiger partial charge >= 0.3 is 0 Å². The molecule has 0 heterocycles. The first-order valence-corrected chi connectivity index (χ1v) is 4.32. The Labute approximate surface area is 69.6 Å². The summed E-state index contributed by atoms with van der Waals surface area (Å²) >= 11 is 0. The van der Waals surface area contributed by atoms with Crippen LogP contribution in [-0.4, -0.2) is 12.8 Å². The Hall–Kier alpha value is -0.530. The molecule has 0 aliphatic heterocycles. The van der Waals surface area contributed by atoms with E-state index in [1.807, 2.05) is 0 Å². The number of hydrogen-bond acceptors (Lipinski definition) is 2. The van der Waals surface area contributed by atoms with E-state index in [2.05, 4.69) is 25.9 Å². The molecule has 0 rings (SSSR count).